The van der Waals surface area contributed by atoms with Crippen LogP contribution in [0.1, 0.15) is 23.6 Å². The summed E-state index contributed by atoms with van der Waals surface area (Å²) in [6.45, 7) is 5.05. The van der Waals surface area contributed by atoms with Crippen molar-refractivity contribution in [3.63, 3.8) is 0 Å². The number of halogens is 1. The van der Waals surface area contributed by atoms with Crippen LogP contribution < -0.4 is 9.73 Å². The molecule has 0 unspecified atom stereocenters. The number of sulfonamides is 1. The average Bonchev–Trinajstić information content (AvgIpc) is 2.59. The second-order valence-electron chi connectivity index (χ2n) is 6.28. The number of anilines is 1. The molecule has 6 nitrogen and oxygen atoms in total. The van der Waals surface area contributed by atoms with E-state index in [0.29, 0.717) is 17.0 Å². The second kappa shape index (κ2) is 8.30. The minimum Gasteiger partial charge on any atom is -0.271 e. The number of nitrogens with zero attached hydrogens (tertiary/aromatic N) is 2. The van der Waals surface area contributed by atoms with Crippen molar-refractivity contribution in [1.82, 2.24) is 5.43 Å². The van der Waals surface area contributed by atoms with E-state index in [0.717, 1.165) is 21.7 Å². The summed E-state index contributed by atoms with van der Waals surface area (Å²) in [5.41, 5.74) is 5.82. The van der Waals surface area contributed by atoms with E-state index in [4.69, 9.17) is 0 Å². The monoisotopic (exact) mass is 391 g/mol. The van der Waals surface area contributed by atoms with Gasteiger partial charge in [-0.25, -0.2) is 18.2 Å². The molecular weight excluding hydrogens is 369 g/mol. The summed E-state index contributed by atoms with van der Waals surface area (Å²) in [5.74, 6) is -0.951. The van der Waals surface area contributed by atoms with E-state index >= 15 is 0 Å². The maximum Gasteiger partial charge on any atom is 0.260 e. The van der Waals surface area contributed by atoms with Gasteiger partial charge in [0.1, 0.15) is 12.4 Å². The fraction of sp³-hybridized carbons (Fsp3) is 0.263. The van der Waals surface area contributed by atoms with Crippen LogP contribution in [0.15, 0.2) is 47.6 Å². The third-order valence-electron chi connectivity index (χ3n) is 4.08. The van der Waals surface area contributed by atoms with Crippen LogP contribution in [-0.4, -0.2) is 32.8 Å². The predicted octanol–water partition coefficient (Wildman–Crippen LogP) is 2.75. The lowest BCUT2D eigenvalue weighted by Crippen LogP contribution is -2.39. The van der Waals surface area contributed by atoms with Crippen molar-refractivity contribution in [2.24, 2.45) is 5.10 Å². The number of rotatable bonds is 6. The van der Waals surface area contributed by atoms with E-state index in [9.17, 15) is 17.6 Å². The topological polar surface area (TPSA) is 78.8 Å². The Balaban J connectivity index is 2.15. The first kappa shape index (κ1) is 20.6. The van der Waals surface area contributed by atoms with Crippen molar-refractivity contribution >= 4 is 27.3 Å². The lowest BCUT2D eigenvalue weighted by atomic mass is 10.1. The summed E-state index contributed by atoms with van der Waals surface area (Å²) in [6, 6.07) is 10.8. The minimum absolute atomic E-state index is 0.368. The molecule has 0 bridgehead atoms. The van der Waals surface area contributed by atoms with Gasteiger partial charge in [-0.05, 0) is 61.7 Å². The Morgan fingerprint density at radius 2 is 1.74 bits per heavy atom. The van der Waals surface area contributed by atoms with E-state index in [2.05, 4.69) is 10.5 Å². The summed E-state index contributed by atoms with van der Waals surface area (Å²) in [7, 11) is -3.66. The normalized spacial score (nSPS) is 12.0. The fourth-order valence-electron chi connectivity index (χ4n) is 2.35. The number of carbonyl (C=O) groups excluding carboxylic acids is 1. The minimum atomic E-state index is -3.66. The Hall–Kier alpha value is -2.74. The number of benzene rings is 2. The van der Waals surface area contributed by atoms with Crippen molar-refractivity contribution < 1.29 is 17.6 Å². The van der Waals surface area contributed by atoms with E-state index in [1.54, 1.807) is 25.1 Å². The third kappa shape index (κ3) is 5.62. The van der Waals surface area contributed by atoms with Crippen LogP contribution in [0.2, 0.25) is 0 Å². The molecule has 0 aliphatic heterocycles. The lowest BCUT2D eigenvalue weighted by molar-refractivity contribution is -0.119. The number of amides is 1. The Labute approximate surface area is 158 Å². The van der Waals surface area contributed by atoms with Gasteiger partial charge < -0.3 is 0 Å². The van der Waals surface area contributed by atoms with Gasteiger partial charge in [-0.3, -0.25) is 9.10 Å². The zero-order valence-corrected chi connectivity index (χ0v) is 16.5. The van der Waals surface area contributed by atoms with E-state index < -0.39 is 22.5 Å². The first-order valence-corrected chi connectivity index (χ1v) is 10.1. The highest BCUT2D eigenvalue weighted by Crippen LogP contribution is 2.21. The summed E-state index contributed by atoms with van der Waals surface area (Å²) in [6.07, 6.45) is 1.04. The maximum absolute atomic E-state index is 13.0. The molecule has 0 saturated carbocycles. The summed E-state index contributed by atoms with van der Waals surface area (Å²) in [4.78, 5) is 12.2. The average molecular weight is 391 g/mol. The third-order valence-corrected chi connectivity index (χ3v) is 5.22. The van der Waals surface area contributed by atoms with Gasteiger partial charge in [0.15, 0.2) is 0 Å². The van der Waals surface area contributed by atoms with Gasteiger partial charge in [-0.1, -0.05) is 18.2 Å². The molecule has 0 aromatic heterocycles. The van der Waals surface area contributed by atoms with E-state index in [1.165, 1.54) is 24.3 Å². The molecule has 1 N–H and O–H groups in total. The molecule has 144 valence electrons. The number of hydrazone groups is 1. The molecule has 0 saturated heterocycles. The molecule has 8 heteroatoms. The van der Waals surface area contributed by atoms with Crippen LogP contribution in [0.25, 0.3) is 0 Å². The van der Waals surface area contributed by atoms with Gasteiger partial charge in [-0.15, -0.1) is 0 Å². The van der Waals surface area contributed by atoms with Crippen molar-refractivity contribution in [3.8, 4) is 0 Å². The van der Waals surface area contributed by atoms with Crippen LogP contribution in [0.4, 0.5) is 10.1 Å². The number of aryl methyl sites for hydroxylation is 2. The Morgan fingerprint density at radius 1 is 1.11 bits per heavy atom. The summed E-state index contributed by atoms with van der Waals surface area (Å²) < 4.78 is 38.2. The quantitative estimate of drug-likeness (QED) is 0.607. The lowest BCUT2D eigenvalue weighted by Gasteiger charge is -2.22. The van der Waals surface area contributed by atoms with Crippen LogP contribution in [0.3, 0.4) is 0 Å². The van der Waals surface area contributed by atoms with Gasteiger partial charge in [-0.2, -0.15) is 5.10 Å². The Bertz CT molecular complexity index is 970. The highest BCUT2D eigenvalue weighted by molar-refractivity contribution is 7.92. The Morgan fingerprint density at radius 3 is 2.30 bits per heavy atom. The van der Waals surface area contributed by atoms with Crippen molar-refractivity contribution in [1.29, 1.82) is 0 Å². The number of hydrogen-bond donors (Lipinski definition) is 1. The van der Waals surface area contributed by atoms with Crippen molar-refractivity contribution in [2.75, 3.05) is 17.1 Å². The molecule has 0 spiro atoms. The molecule has 2 aromatic carbocycles. The highest BCUT2D eigenvalue weighted by atomic mass is 32.2. The molecule has 0 heterocycles. The zero-order valence-electron chi connectivity index (χ0n) is 15.7. The summed E-state index contributed by atoms with van der Waals surface area (Å²) in [5, 5.41) is 3.96. The molecule has 0 aliphatic rings. The molecule has 2 aromatic rings. The van der Waals surface area contributed by atoms with Crippen LogP contribution in [0.5, 0.6) is 0 Å². The van der Waals surface area contributed by atoms with Crippen molar-refractivity contribution in [2.45, 2.75) is 20.8 Å². The molecule has 0 atom stereocenters. The first-order valence-electron chi connectivity index (χ1n) is 8.22. The number of carbonyl (C=O) groups is 1. The molecule has 0 aliphatic carbocycles. The SMILES string of the molecule is C/C(=N/NC(=O)CN(c1ccc(C)c(C)c1)S(C)(=O)=O)c1ccc(F)cc1. The molecule has 27 heavy (non-hydrogen) atoms. The maximum atomic E-state index is 13.0. The van der Waals surface area contributed by atoms with Gasteiger partial charge >= 0.3 is 0 Å². The van der Waals surface area contributed by atoms with Gasteiger partial charge in [0.2, 0.25) is 10.0 Å². The summed E-state index contributed by atoms with van der Waals surface area (Å²) >= 11 is 0. The van der Waals surface area contributed by atoms with Crippen LogP contribution >= 0.6 is 0 Å². The smallest absolute Gasteiger partial charge is 0.260 e. The number of hydrogen-bond acceptors (Lipinski definition) is 4. The van der Waals surface area contributed by atoms with E-state index in [-0.39, 0.29) is 5.82 Å². The van der Waals surface area contributed by atoms with Gasteiger partial charge in [0.25, 0.3) is 5.91 Å². The van der Waals surface area contributed by atoms with Gasteiger partial charge in [0, 0.05) is 0 Å². The standard InChI is InChI=1S/C19H22FN3O3S/c1-13-5-10-18(11-14(13)2)23(27(4,25)26)12-19(24)22-21-15(3)16-6-8-17(20)9-7-16/h5-11H,12H2,1-4H3,(H,22,24)/b21-15-. The fourth-order valence-corrected chi connectivity index (χ4v) is 3.20. The highest BCUT2D eigenvalue weighted by Gasteiger charge is 2.21. The first-order chi connectivity index (χ1) is 12.6. The largest absolute Gasteiger partial charge is 0.271 e. The molecule has 1 amide bonds. The molecule has 2 rings (SSSR count). The van der Waals surface area contributed by atoms with Crippen LogP contribution in [0, 0.1) is 19.7 Å². The number of nitrogens with one attached hydrogen (secondary N) is 1. The van der Waals surface area contributed by atoms with Gasteiger partial charge in [0.05, 0.1) is 17.7 Å². The van der Waals surface area contributed by atoms with Crippen molar-refractivity contribution in [3.05, 3.63) is 65.0 Å². The van der Waals surface area contributed by atoms with E-state index in [1.807, 2.05) is 13.8 Å². The predicted molar refractivity (Wildman–Crippen MR) is 105 cm³/mol. The second-order valence-corrected chi connectivity index (χ2v) is 8.18. The molecule has 0 fully saturated rings. The van der Waals surface area contributed by atoms with Crippen LogP contribution in [-0.2, 0) is 14.8 Å². The Kier molecular flexibility index (Phi) is 6.32. The molecule has 0 radical (unpaired) electrons. The molecular formula is C19H22FN3O3S. The zero-order chi connectivity index (χ0) is 20.2.